The molecule has 2 aromatic rings. The van der Waals surface area contributed by atoms with E-state index in [4.69, 9.17) is 17.0 Å². The molecule has 0 heterocycles. The zero-order valence-corrected chi connectivity index (χ0v) is 15.9. The highest BCUT2D eigenvalue weighted by Gasteiger charge is 2.06. The van der Waals surface area contributed by atoms with Gasteiger partial charge in [0.15, 0.2) is 5.11 Å². The van der Waals surface area contributed by atoms with Crippen molar-refractivity contribution in [2.45, 2.75) is 19.8 Å². The number of hydrogen-bond acceptors (Lipinski definition) is 4. The summed E-state index contributed by atoms with van der Waals surface area (Å²) < 4.78 is 5.22. The number of hydrogen-bond donors (Lipinski definition) is 4. The van der Waals surface area contributed by atoms with E-state index in [-0.39, 0.29) is 12.5 Å². The van der Waals surface area contributed by atoms with Crippen molar-refractivity contribution in [3.8, 4) is 5.75 Å². The van der Waals surface area contributed by atoms with Crippen LogP contribution in [0.25, 0.3) is 0 Å². The summed E-state index contributed by atoms with van der Waals surface area (Å²) in [4.78, 5) is 11.9. The van der Waals surface area contributed by atoms with Crippen molar-refractivity contribution in [2.24, 2.45) is 0 Å². The number of carbonyl (C=O) groups excluding carboxylic acids is 1. The van der Waals surface area contributed by atoms with Crippen LogP contribution in [0.2, 0.25) is 0 Å². The first-order valence-corrected chi connectivity index (χ1v) is 8.73. The maximum Gasteiger partial charge on any atom is 0.257 e. The first-order chi connectivity index (χ1) is 12.5. The van der Waals surface area contributed by atoms with Crippen molar-refractivity contribution in [2.75, 3.05) is 24.3 Å². The maximum atomic E-state index is 11.9. The van der Waals surface area contributed by atoms with Crippen LogP contribution in [0.15, 0.2) is 48.5 Å². The Bertz CT molecular complexity index is 747. The molecule has 2 rings (SSSR count). The Labute approximate surface area is 159 Å². The van der Waals surface area contributed by atoms with Crippen molar-refractivity contribution in [1.29, 1.82) is 0 Å². The molecule has 1 amide bonds. The summed E-state index contributed by atoms with van der Waals surface area (Å²) in [5.41, 5.74) is 8.08. The second kappa shape index (κ2) is 9.62. The van der Waals surface area contributed by atoms with Crippen molar-refractivity contribution in [3.63, 3.8) is 0 Å². The van der Waals surface area contributed by atoms with E-state index in [1.807, 2.05) is 48.5 Å². The smallest absolute Gasteiger partial charge is 0.257 e. The number of carbonyl (C=O) groups is 1. The number of rotatable bonds is 6. The maximum absolute atomic E-state index is 11.9. The molecule has 0 saturated carbocycles. The zero-order valence-electron chi connectivity index (χ0n) is 15.1. The number of ether oxygens (including phenoxy) is 1. The number of anilines is 2. The normalized spacial score (nSPS) is 10.2. The van der Waals surface area contributed by atoms with Crippen LogP contribution in [-0.4, -0.2) is 24.7 Å². The number of hydrazine groups is 1. The van der Waals surface area contributed by atoms with Crippen molar-refractivity contribution in [1.82, 2.24) is 10.9 Å². The fourth-order valence-electron chi connectivity index (χ4n) is 2.25. The van der Waals surface area contributed by atoms with Gasteiger partial charge in [-0.05, 0) is 48.0 Å². The van der Waals surface area contributed by atoms with Gasteiger partial charge >= 0.3 is 0 Å². The lowest BCUT2D eigenvalue weighted by Gasteiger charge is -2.14. The summed E-state index contributed by atoms with van der Waals surface area (Å²) in [5.74, 6) is 0.898. The van der Waals surface area contributed by atoms with E-state index in [1.165, 1.54) is 5.56 Å². The largest absolute Gasteiger partial charge is 0.495 e. The van der Waals surface area contributed by atoms with Gasteiger partial charge in [-0.25, -0.2) is 0 Å². The second-order valence-corrected chi connectivity index (χ2v) is 6.37. The van der Waals surface area contributed by atoms with Gasteiger partial charge in [0.1, 0.15) is 5.75 Å². The lowest BCUT2D eigenvalue weighted by atomic mass is 10.0. The number of nitrogens with one attached hydrogen (secondary N) is 4. The average Bonchev–Trinajstić information content (AvgIpc) is 2.65. The predicted molar refractivity (Wildman–Crippen MR) is 110 cm³/mol. The molecule has 0 aliphatic heterocycles. The molecule has 0 radical (unpaired) electrons. The van der Waals surface area contributed by atoms with E-state index < -0.39 is 0 Å². The number of thiocarbonyl (C=S) groups is 1. The fourth-order valence-corrected chi connectivity index (χ4v) is 2.42. The van der Waals surface area contributed by atoms with E-state index in [2.05, 4.69) is 35.3 Å². The SMILES string of the molecule is COc1ccccc1NCC(=O)NNC(=S)Nc1ccc(C(C)C)cc1. The van der Waals surface area contributed by atoms with Gasteiger partial charge in [0.25, 0.3) is 5.91 Å². The van der Waals surface area contributed by atoms with E-state index in [0.29, 0.717) is 16.8 Å². The van der Waals surface area contributed by atoms with Gasteiger partial charge in [-0.1, -0.05) is 38.1 Å². The molecule has 0 aromatic heterocycles. The van der Waals surface area contributed by atoms with Crippen LogP contribution >= 0.6 is 12.2 Å². The van der Waals surface area contributed by atoms with E-state index >= 15 is 0 Å². The Kier molecular flexibility index (Phi) is 7.23. The summed E-state index contributed by atoms with van der Waals surface area (Å²) in [6.07, 6.45) is 0. The number of para-hydroxylation sites is 2. The van der Waals surface area contributed by atoms with E-state index in [0.717, 1.165) is 11.4 Å². The summed E-state index contributed by atoms with van der Waals surface area (Å²) in [7, 11) is 1.58. The molecule has 4 N–H and O–H groups in total. The highest BCUT2D eigenvalue weighted by molar-refractivity contribution is 7.80. The lowest BCUT2D eigenvalue weighted by Crippen LogP contribution is -2.45. The Hall–Kier alpha value is -2.80. The molecule has 0 unspecified atom stereocenters. The van der Waals surface area contributed by atoms with Gasteiger partial charge in [0, 0.05) is 5.69 Å². The highest BCUT2D eigenvalue weighted by atomic mass is 32.1. The van der Waals surface area contributed by atoms with Crippen molar-refractivity contribution < 1.29 is 9.53 Å². The minimum absolute atomic E-state index is 0.0824. The van der Waals surface area contributed by atoms with Gasteiger partial charge < -0.3 is 15.4 Å². The number of amides is 1. The van der Waals surface area contributed by atoms with Crippen LogP contribution in [0.3, 0.4) is 0 Å². The Morgan fingerprint density at radius 1 is 1.08 bits per heavy atom. The second-order valence-electron chi connectivity index (χ2n) is 5.96. The Morgan fingerprint density at radius 3 is 2.42 bits per heavy atom. The average molecular weight is 372 g/mol. The molecule has 0 bridgehead atoms. The topological polar surface area (TPSA) is 74.4 Å². The molecule has 6 nitrogen and oxygen atoms in total. The summed E-state index contributed by atoms with van der Waals surface area (Å²) in [6, 6.07) is 15.4. The van der Waals surface area contributed by atoms with Crippen LogP contribution in [0.4, 0.5) is 11.4 Å². The molecule has 0 saturated heterocycles. The molecule has 0 spiro atoms. The highest BCUT2D eigenvalue weighted by Crippen LogP contribution is 2.22. The monoisotopic (exact) mass is 372 g/mol. The van der Waals surface area contributed by atoms with Crippen molar-refractivity contribution in [3.05, 3.63) is 54.1 Å². The van der Waals surface area contributed by atoms with Gasteiger partial charge in [-0.2, -0.15) is 0 Å². The van der Waals surface area contributed by atoms with Gasteiger partial charge in [0.05, 0.1) is 19.3 Å². The zero-order chi connectivity index (χ0) is 18.9. The summed E-state index contributed by atoms with van der Waals surface area (Å²) in [6.45, 7) is 4.37. The third kappa shape index (κ3) is 5.93. The van der Waals surface area contributed by atoms with E-state index in [9.17, 15) is 4.79 Å². The molecule has 26 heavy (non-hydrogen) atoms. The summed E-state index contributed by atoms with van der Waals surface area (Å²) >= 11 is 5.18. The first-order valence-electron chi connectivity index (χ1n) is 8.32. The molecule has 138 valence electrons. The fraction of sp³-hybridized carbons (Fsp3) is 0.263. The number of methoxy groups -OCH3 is 1. The minimum atomic E-state index is -0.254. The molecule has 7 heteroatoms. The van der Waals surface area contributed by atoms with Crippen LogP contribution in [0.1, 0.15) is 25.3 Å². The predicted octanol–water partition coefficient (Wildman–Crippen LogP) is 3.25. The third-order valence-corrected chi connectivity index (χ3v) is 3.90. The Morgan fingerprint density at radius 2 is 1.77 bits per heavy atom. The molecule has 0 atom stereocenters. The van der Waals surface area contributed by atoms with Crippen LogP contribution < -0.4 is 26.2 Å². The molecule has 0 aliphatic carbocycles. The van der Waals surface area contributed by atoms with E-state index in [1.54, 1.807) is 7.11 Å². The lowest BCUT2D eigenvalue weighted by molar-refractivity contribution is -0.119. The first kappa shape index (κ1) is 19.5. The molecule has 0 fully saturated rings. The van der Waals surface area contributed by atoms with Crippen molar-refractivity contribution >= 4 is 34.6 Å². The van der Waals surface area contributed by atoms with Crippen LogP contribution in [0, 0.1) is 0 Å². The molecule has 2 aromatic carbocycles. The standard InChI is InChI=1S/C19H24N4O2S/c1-13(2)14-8-10-15(11-9-14)21-19(26)23-22-18(24)12-20-16-6-4-5-7-17(16)25-3/h4-11,13,20H,12H2,1-3H3,(H,22,24)(H2,21,23,26). The van der Waals surface area contributed by atoms with Crippen LogP contribution in [-0.2, 0) is 4.79 Å². The number of benzene rings is 2. The Balaban J connectivity index is 1.75. The quantitative estimate of drug-likeness (QED) is 0.461. The van der Waals surface area contributed by atoms with Gasteiger partial charge in [-0.15, -0.1) is 0 Å². The molecular formula is C19H24N4O2S. The van der Waals surface area contributed by atoms with Gasteiger partial charge in [-0.3, -0.25) is 15.6 Å². The summed E-state index contributed by atoms with van der Waals surface area (Å²) in [5, 5.41) is 6.35. The van der Waals surface area contributed by atoms with Gasteiger partial charge in [0.2, 0.25) is 0 Å². The molecular weight excluding hydrogens is 348 g/mol. The minimum Gasteiger partial charge on any atom is -0.495 e. The van der Waals surface area contributed by atoms with Crippen LogP contribution in [0.5, 0.6) is 5.75 Å². The molecule has 0 aliphatic rings. The third-order valence-electron chi connectivity index (χ3n) is 3.70.